The largest absolute Gasteiger partial charge is 1.00 e. The van der Waals surface area contributed by atoms with Crippen LogP contribution in [-0.2, 0) is 10.1 Å². The zero-order valence-electron chi connectivity index (χ0n) is 19.0. The molecular formula is C22H45NaO4S. The van der Waals surface area contributed by atoms with Crippen LogP contribution in [0.1, 0.15) is 129 Å². The monoisotopic (exact) mass is 428 g/mol. The van der Waals surface area contributed by atoms with Gasteiger partial charge in [0.1, 0.15) is 0 Å². The van der Waals surface area contributed by atoms with Gasteiger partial charge in [-0.15, -0.1) is 0 Å². The van der Waals surface area contributed by atoms with Crippen molar-refractivity contribution in [3.8, 4) is 0 Å². The first kappa shape index (κ1) is 31.1. The first-order valence-electron chi connectivity index (χ1n) is 11.5. The van der Waals surface area contributed by atoms with Gasteiger partial charge < -0.3 is 9.66 Å². The summed E-state index contributed by atoms with van der Waals surface area (Å²) in [4.78, 5) is 0. The molecule has 0 bridgehead atoms. The molecule has 0 aromatic heterocycles. The van der Waals surface area contributed by atoms with Gasteiger partial charge in [0.05, 0.1) is 16.2 Å². The smallest absolute Gasteiger partial charge is 0.748 e. The molecule has 0 aliphatic heterocycles. The molecule has 0 spiro atoms. The Hall–Kier alpha value is 0.870. The van der Waals surface area contributed by atoms with Crippen molar-refractivity contribution >= 4 is 10.1 Å². The van der Waals surface area contributed by atoms with Crippen molar-refractivity contribution in [3.63, 3.8) is 0 Å². The molecule has 0 amide bonds. The molecular weight excluding hydrogens is 383 g/mol. The van der Waals surface area contributed by atoms with Gasteiger partial charge in [-0.25, -0.2) is 8.42 Å². The van der Waals surface area contributed by atoms with Crippen LogP contribution in [0.3, 0.4) is 0 Å². The van der Waals surface area contributed by atoms with Gasteiger partial charge in [-0.2, -0.15) is 0 Å². The predicted octanol–water partition coefficient (Wildman–Crippen LogP) is 3.33. The molecule has 4 nitrogen and oxygen atoms in total. The minimum atomic E-state index is -4.19. The fourth-order valence-electron chi connectivity index (χ4n) is 3.70. The van der Waals surface area contributed by atoms with Crippen molar-refractivity contribution in [2.24, 2.45) is 0 Å². The molecule has 0 saturated heterocycles. The van der Waals surface area contributed by atoms with Crippen LogP contribution in [0.5, 0.6) is 0 Å². The molecule has 0 aromatic rings. The van der Waals surface area contributed by atoms with E-state index in [0.717, 1.165) is 57.8 Å². The minimum Gasteiger partial charge on any atom is -0.748 e. The molecule has 1 N–H and O–H groups in total. The van der Waals surface area contributed by atoms with Crippen LogP contribution in [0.25, 0.3) is 0 Å². The second kappa shape index (κ2) is 21.1. The van der Waals surface area contributed by atoms with Gasteiger partial charge in [-0.3, -0.25) is 0 Å². The van der Waals surface area contributed by atoms with Gasteiger partial charge in [-0.05, 0) is 25.7 Å². The number of hydrogen-bond donors (Lipinski definition) is 1. The van der Waals surface area contributed by atoms with Gasteiger partial charge in [-0.1, -0.05) is 104 Å². The Kier molecular flexibility index (Phi) is 23.4. The number of hydrogen-bond acceptors (Lipinski definition) is 4. The van der Waals surface area contributed by atoms with Crippen molar-refractivity contribution in [1.82, 2.24) is 0 Å². The van der Waals surface area contributed by atoms with Crippen LogP contribution in [0.15, 0.2) is 0 Å². The van der Waals surface area contributed by atoms with Crippen molar-refractivity contribution in [1.29, 1.82) is 0 Å². The molecule has 2 unspecified atom stereocenters. The molecule has 0 fully saturated rings. The summed E-state index contributed by atoms with van der Waals surface area (Å²) in [6, 6.07) is 0. The van der Waals surface area contributed by atoms with E-state index in [2.05, 4.69) is 13.8 Å². The Morgan fingerprint density at radius 2 is 1.04 bits per heavy atom. The van der Waals surface area contributed by atoms with Crippen LogP contribution in [0.4, 0.5) is 0 Å². The third-order valence-electron chi connectivity index (χ3n) is 5.47. The fourth-order valence-corrected chi connectivity index (χ4v) is 4.61. The van der Waals surface area contributed by atoms with Crippen LogP contribution < -0.4 is 29.6 Å². The van der Waals surface area contributed by atoms with Gasteiger partial charge in [0.2, 0.25) is 0 Å². The summed E-state index contributed by atoms with van der Waals surface area (Å²) in [5.41, 5.74) is 0. The molecule has 28 heavy (non-hydrogen) atoms. The first-order valence-corrected chi connectivity index (χ1v) is 13.0. The Morgan fingerprint density at radius 3 is 1.46 bits per heavy atom. The Morgan fingerprint density at radius 1 is 0.643 bits per heavy atom. The summed E-state index contributed by atoms with van der Waals surface area (Å²) in [6.45, 7) is 4.29. The summed E-state index contributed by atoms with van der Waals surface area (Å²) >= 11 is 0. The average Bonchev–Trinajstić information content (AvgIpc) is 2.60. The topological polar surface area (TPSA) is 77.4 Å². The normalized spacial score (nSPS) is 13.9. The number of aliphatic hydroxyl groups is 1. The number of rotatable bonds is 20. The summed E-state index contributed by atoms with van der Waals surface area (Å²) in [6.07, 6.45) is 18.0. The van der Waals surface area contributed by atoms with Crippen LogP contribution >= 0.6 is 0 Å². The van der Waals surface area contributed by atoms with E-state index in [-0.39, 0.29) is 35.7 Å². The first-order chi connectivity index (χ1) is 12.9. The van der Waals surface area contributed by atoms with E-state index in [1.54, 1.807) is 0 Å². The second-order valence-corrected chi connectivity index (χ2v) is 9.82. The van der Waals surface area contributed by atoms with E-state index in [1.807, 2.05) is 0 Å². The van der Waals surface area contributed by atoms with Crippen molar-refractivity contribution in [2.45, 2.75) is 141 Å². The molecule has 164 valence electrons. The zero-order valence-corrected chi connectivity index (χ0v) is 21.8. The third kappa shape index (κ3) is 20.2. The van der Waals surface area contributed by atoms with E-state index in [1.165, 1.54) is 44.9 Å². The SMILES string of the molecule is CCCCCCCCCCCCC(CCCCCC(O)CCC)S(=O)(=O)[O-].[Na+]. The average molecular weight is 429 g/mol. The quantitative estimate of drug-likeness (QED) is 0.183. The molecule has 0 radical (unpaired) electrons. The maximum absolute atomic E-state index is 11.5. The second-order valence-electron chi connectivity index (χ2n) is 8.17. The van der Waals surface area contributed by atoms with E-state index in [0.29, 0.717) is 12.8 Å². The Bertz CT molecular complexity index is 415. The Labute approximate surface area is 197 Å². The third-order valence-corrected chi connectivity index (χ3v) is 6.76. The fraction of sp³-hybridized carbons (Fsp3) is 1.00. The molecule has 0 heterocycles. The van der Waals surface area contributed by atoms with Gasteiger partial charge in [0.25, 0.3) is 0 Å². The number of aliphatic hydroxyl groups excluding tert-OH is 1. The van der Waals surface area contributed by atoms with E-state index >= 15 is 0 Å². The molecule has 0 aliphatic carbocycles. The summed E-state index contributed by atoms with van der Waals surface area (Å²) in [5.74, 6) is 0. The maximum atomic E-state index is 11.5. The van der Waals surface area contributed by atoms with Crippen LogP contribution in [0.2, 0.25) is 0 Å². The molecule has 6 heteroatoms. The van der Waals surface area contributed by atoms with Gasteiger partial charge in [0, 0.05) is 5.25 Å². The zero-order chi connectivity index (χ0) is 20.4. The minimum absolute atomic E-state index is 0. The molecule has 0 aliphatic rings. The summed E-state index contributed by atoms with van der Waals surface area (Å²) < 4.78 is 34.5. The van der Waals surface area contributed by atoms with Crippen molar-refractivity contribution in [3.05, 3.63) is 0 Å². The molecule has 0 rings (SSSR count). The Balaban J connectivity index is 0. The molecule has 0 aromatic carbocycles. The maximum Gasteiger partial charge on any atom is 1.00 e. The van der Waals surface area contributed by atoms with Crippen LogP contribution in [0, 0.1) is 0 Å². The number of unbranched alkanes of at least 4 members (excludes halogenated alkanes) is 11. The van der Waals surface area contributed by atoms with E-state index < -0.39 is 15.4 Å². The standard InChI is InChI=1S/C22H46O4S.Na/c1-3-5-6-7-8-9-10-11-12-15-19-22(27(24,25)26)20-16-13-14-18-21(23)17-4-2;/h21-23H,3-20H2,1-2H3,(H,24,25,26);/q;+1/p-1. The van der Waals surface area contributed by atoms with Crippen molar-refractivity contribution in [2.75, 3.05) is 0 Å². The van der Waals surface area contributed by atoms with E-state index in [4.69, 9.17) is 0 Å². The molecule has 0 saturated carbocycles. The summed E-state index contributed by atoms with van der Waals surface area (Å²) in [5, 5.41) is 8.98. The van der Waals surface area contributed by atoms with E-state index in [9.17, 15) is 18.1 Å². The summed E-state index contributed by atoms with van der Waals surface area (Å²) in [7, 11) is -4.19. The van der Waals surface area contributed by atoms with Crippen LogP contribution in [-0.4, -0.2) is 29.4 Å². The predicted molar refractivity (Wildman–Crippen MR) is 114 cm³/mol. The van der Waals surface area contributed by atoms with Gasteiger partial charge in [0.15, 0.2) is 0 Å². The van der Waals surface area contributed by atoms with Crippen molar-refractivity contribution < 1.29 is 47.6 Å². The molecule has 2 atom stereocenters. The van der Waals surface area contributed by atoms with Gasteiger partial charge >= 0.3 is 29.6 Å².